The monoisotopic (exact) mass is 402 g/mol. The number of pyridine rings is 1. The van der Waals surface area contributed by atoms with Crippen molar-refractivity contribution in [1.82, 2.24) is 9.47 Å². The Bertz CT molecular complexity index is 1160. The van der Waals surface area contributed by atoms with Crippen molar-refractivity contribution in [3.63, 3.8) is 0 Å². The molecule has 0 atom stereocenters. The number of carbonyl (C=O) groups excluding carboxylic acids is 1. The van der Waals surface area contributed by atoms with Crippen LogP contribution < -0.4 is 5.56 Å². The average Bonchev–Trinajstić information content (AvgIpc) is 3.13. The van der Waals surface area contributed by atoms with Crippen LogP contribution in [0.15, 0.2) is 65.6 Å². The molecule has 30 heavy (non-hydrogen) atoms. The smallest absolute Gasteiger partial charge is 0.410 e. The van der Waals surface area contributed by atoms with E-state index in [0.29, 0.717) is 13.1 Å². The molecule has 5 nitrogen and oxygen atoms in total. The Morgan fingerprint density at radius 3 is 2.33 bits per heavy atom. The van der Waals surface area contributed by atoms with Crippen LogP contribution in [0.2, 0.25) is 0 Å². The van der Waals surface area contributed by atoms with Gasteiger partial charge < -0.3 is 9.30 Å². The molecule has 1 amide bonds. The largest absolute Gasteiger partial charge is 0.444 e. The zero-order chi connectivity index (χ0) is 21.5. The van der Waals surface area contributed by atoms with E-state index in [4.69, 9.17) is 4.74 Å². The van der Waals surface area contributed by atoms with E-state index in [-0.39, 0.29) is 11.7 Å². The number of hydrogen-bond acceptors (Lipinski definition) is 3. The highest BCUT2D eigenvalue weighted by Crippen LogP contribution is 2.37. The lowest BCUT2D eigenvalue weighted by molar-refractivity contribution is 0.0242. The Balaban J connectivity index is 1.79. The minimum atomic E-state index is -0.534. The van der Waals surface area contributed by atoms with E-state index in [1.165, 1.54) is 0 Å². The normalized spacial score (nSPS) is 13.3. The van der Waals surface area contributed by atoms with Crippen molar-refractivity contribution in [2.75, 3.05) is 0 Å². The molecule has 0 bridgehead atoms. The summed E-state index contributed by atoms with van der Waals surface area (Å²) in [7, 11) is 1.75. The lowest BCUT2D eigenvalue weighted by Gasteiger charge is -2.24. The van der Waals surface area contributed by atoms with Crippen LogP contribution in [-0.4, -0.2) is 21.2 Å². The molecule has 1 aliphatic rings. The highest BCUT2D eigenvalue weighted by molar-refractivity contribution is 5.79. The predicted octanol–water partition coefficient (Wildman–Crippen LogP) is 4.97. The maximum absolute atomic E-state index is 12.7. The van der Waals surface area contributed by atoms with Crippen molar-refractivity contribution >= 4 is 6.09 Å². The van der Waals surface area contributed by atoms with Gasteiger partial charge in [-0.3, -0.25) is 9.69 Å². The van der Waals surface area contributed by atoms with Crippen LogP contribution in [0.5, 0.6) is 0 Å². The molecule has 1 aromatic heterocycles. The van der Waals surface area contributed by atoms with E-state index >= 15 is 0 Å². The van der Waals surface area contributed by atoms with Crippen LogP contribution in [0.25, 0.3) is 22.3 Å². The van der Waals surface area contributed by atoms with Gasteiger partial charge in [0.25, 0.3) is 0 Å². The minimum Gasteiger partial charge on any atom is -0.444 e. The van der Waals surface area contributed by atoms with Gasteiger partial charge in [0.05, 0.1) is 6.54 Å². The van der Waals surface area contributed by atoms with Gasteiger partial charge in [0.15, 0.2) is 0 Å². The summed E-state index contributed by atoms with van der Waals surface area (Å²) >= 11 is 0. The summed E-state index contributed by atoms with van der Waals surface area (Å²) in [5, 5.41) is 0. The topological polar surface area (TPSA) is 51.5 Å². The van der Waals surface area contributed by atoms with Gasteiger partial charge in [0.2, 0.25) is 5.56 Å². The molecular weight excluding hydrogens is 376 g/mol. The van der Waals surface area contributed by atoms with E-state index in [0.717, 1.165) is 33.4 Å². The van der Waals surface area contributed by atoms with Crippen molar-refractivity contribution in [3.05, 3.63) is 82.3 Å². The Morgan fingerprint density at radius 1 is 0.933 bits per heavy atom. The van der Waals surface area contributed by atoms with E-state index in [1.54, 1.807) is 22.6 Å². The molecule has 0 saturated carbocycles. The number of hydrogen-bond donors (Lipinski definition) is 0. The zero-order valence-corrected chi connectivity index (χ0v) is 17.8. The van der Waals surface area contributed by atoms with Crippen molar-refractivity contribution in [2.24, 2.45) is 7.05 Å². The summed E-state index contributed by atoms with van der Waals surface area (Å²) in [5.74, 6) is 0. The first-order chi connectivity index (χ1) is 14.2. The third kappa shape index (κ3) is 4.01. The van der Waals surface area contributed by atoms with Crippen molar-refractivity contribution < 1.29 is 9.53 Å². The van der Waals surface area contributed by atoms with Gasteiger partial charge in [-0.1, -0.05) is 30.3 Å². The molecular formula is C25H26N2O3. The van der Waals surface area contributed by atoms with Gasteiger partial charge in [0.1, 0.15) is 5.60 Å². The molecule has 1 aliphatic heterocycles. The highest BCUT2D eigenvalue weighted by atomic mass is 16.6. The number of benzene rings is 2. The fourth-order valence-electron chi connectivity index (χ4n) is 3.77. The van der Waals surface area contributed by atoms with Crippen LogP contribution in [0.1, 0.15) is 31.9 Å². The van der Waals surface area contributed by atoms with Gasteiger partial charge >= 0.3 is 6.09 Å². The highest BCUT2D eigenvalue weighted by Gasteiger charge is 2.30. The lowest BCUT2D eigenvalue weighted by Crippen LogP contribution is -2.33. The fraction of sp³-hybridized carbons (Fsp3) is 0.280. The van der Waals surface area contributed by atoms with E-state index < -0.39 is 5.60 Å². The van der Waals surface area contributed by atoms with Gasteiger partial charge in [-0.05, 0) is 72.4 Å². The maximum Gasteiger partial charge on any atom is 0.410 e. The third-order valence-corrected chi connectivity index (χ3v) is 5.21. The molecule has 154 valence electrons. The molecule has 0 fully saturated rings. The molecule has 0 unspecified atom stereocenters. The molecule has 0 N–H and O–H groups in total. The summed E-state index contributed by atoms with van der Waals surface area (Å²) in [6.45, 7) is 6.65. The first-order valence-corrected chi connectivity index (χ1v) is 10.1. The Morgan fingerprint density at radius 2 is 1.67 bits per heavy atom. The van der Waals surface area contributed by atoms with Crippen molar-refractivity contribution in [2.45, 2.75) is 39.5 Å². The van der Waals surface area contributed by atoms with Crippen LogP contribution in [-0.2, 0) is 24.9 Å². The number of ether oxygens (including phenoxy) is 1. The van der Waals surface area contributed by atoms with E-state index in [1.807, 2.05) is 51.2 Å². The number of amides is 1. The van der Waals surface area contributed by atoms with Crippen LogP contribution >= 0.6 is 0 Å². The molecule has 2 aromatic carbocycles. The van der Waals surface area contributed by atoms with Gasteiger partial charge in [-0.2, -0.15) is 0 Å². The van der Waals surface area contributed by atoms with E-state index in [9.17, 15) is 9.59 Å². The first kappa shape index (κ1) is 20.0. The summed E-state index contributed by atoms with van der Waals surface area (Å²) < 4.78 is 7.17. The zero-order valence-electron chi connectivity index (χ0n) is 17.8. The second kappa shape index (κ2) is 7.48. The Hall–Kier alpha value is -3.34. The fourth-order valence-corrected chi connectivity index (χ4v) is 3.77. The number of rotatable bonds is 2. The number of carbonyl (C=O) groups is 1. The number of fused-ring (bicyclic) bond motifs is 1. The summed E-state index contributed by atoms with van der Waals surface area (Å²) in [6.07, 6.45) is 1.54. The SMILES string of the molecule is Cn1cc(-c2cc3c(c(-c4ccccc4)c2)CN(C(=O)OC(C)(C)C)C3)ccc1=O. The summed E-state index contributed by atoms with van der Waals surface area (Å²) in [4.78, 5) is 26.2. The molecule has 5 heteroatoms. The Kier molecular flexibility index (Phi) is 4.98. The standard InChI is InChI=1S/C25H26N2O3/c1-25(2,3)30-24(29)27-15-20-12-19(18-10-11-23(28)26(4)14-18)13-21(22(20)16-27)17-8-6-5-7-9-17/h5-14H,15-16H2,1-4H3. The van der Waals surface area contributed by atoms with Crippen molar-refractivity contribution in [3.8, 4) is 22.3 Å². The minimum absolute atomic E-state index is 0.0423. The second-order valence-electron chi connectivity index (χ2n) is 8.73. The second-order valence-corrected chi connectivity index (χ2v) is 8.73. The average molecular weight is 402 g/mol. The van der Waals surface area contributed by atoms with Gasteiger partial charge in [-0.15, -0.1) is 0 Å². The van der Waals surface area contributed by atoms with Gasteiger partial charge in [-0.25, -0.2) is 4.79 Å². The summed E-state index contributed by atoms with van der Waals surface area (Å²) in [6, 6.07) is 17.9. The maximum atomic E-state index is 12.7. The molecule has 0 saturated heterocycles. The molecule has 0 radical (unpaired) electrons. The number of nitrogens with zero attached hydrogens (tertiary/aromatic N) is 2. The number of aryl methyl sites for hydroxylation is 1. The van der Waals surface area contributed by atoms with Crippen molar-refractivity contribution in [1.29, 1.82) is 0 Å². The molecule has 2 heterocycles. The third-order valence-electron chi connectivity index (χ3n) is 5.21. The van der Waals surface area contributed by atoms with E-state index in [2.05, 4.69) is 24.3 Å². The molecule has 4 rings (SSSR count). The predicted molar refractivity (Wildman–Crippen MR) is 118 cm³/mol. The first-order valence-electron chi connectivity index (χ1n) is 10.1. The van der Waals surface area contributed by atoms with Gasteiger partial charge in [0, 0.05) is 25.9 Å². The number of aromatic nitrogens is 1. The lowest BCUT2D eigenvalue weighted by atomic mass is 9.92. The van der Waals surface area contributed by atoms with Crippen LogP contribution in [0.4, 0.5) is 4.79 Å². The van der Waals surface area contributed by atoms with Crippen LogP contribution in [0.3, 0.4) is 0 Å². The molecule has 3 aromatic rings. The molecule has 0 spiro atoms. The summed E-state index contributed by atoms with van der Waals surface area (Å²) in [5.41, 5.74) is 5.86. The van der Waals surface area contributed by atoms with Crippen LogP contribution in [0, 0.1) is 0 Å². The quantitative estimate of drug-likeness (QED) is 0.608. The molecule has 0 aliphatic carbocycles. The Labute approximate surface area is 176 Å².